The second kappa shape index (κ2) is 6.68. The van der Waals surface area contributed by atoms with Gasteiger partial charge in [0.15, 0.2) is 11.7 Å². The minimum atomic E-state index is -1.42. The summed E-state index contributed by atoms with van der Waals surface area (Å²) in [6.07, 6.45) is 0. The van der Waals surface area contributed by atoms with Gasteiger partial charge in [-0.1, -0.05) is 18.2 Å². The Morgan fingerprint density at radius 2 is 1.89 bits per heavy atom. The molecule has 102 valence electrons. The first-order valence-electron chi connectivity index (χ1n) is 6.01. The molecule has 0 aromatic heterocycles. The average Bonchev–Trinajstić information content (AvgIpc) is 2.32. The summed E-state index contributed by atoms with van der Waals surface area (Å²) in [7, 11) is 0. The lowest BCUT2D eigenvalue weighted by Crippen LogP contribution is -2.36. The molecule has 0 aliphatic heterocycles. The number of carbonyl (C=O) groups is 3. The molecule has 0 fully saturated rings. The van der Waals surface area contributed by atoms with Crippen LogP contribution in [0.15, 0.2) is 24.3 Å². The van der Waals surface area contributed by atoms with Gasteiger partial charge in [0.1, 0.15) is 0 Å². The van der Waals surface area contributed by atoms with Gasteiger partial charge < -0.3 is 10.1 Å². The Morgan fingerprint density at radius 1 is 1.26 bits per heavy atom. The highest BCUT2D eigenvalue weighted by Crippen LogP contribution is 2.15. The van der Waals surface area contributed by atoms with Crippen molar-refractivity contribution < 1.29 is 19.1 Å². The zero-order valence-corrected chi connectivity index (χ0v) is 11.2. The van der Waals surface area contributed by atoms with E-state index in [0.717, 1.165) is 5.56 Å². The van der Waals surface area contributed by atoms with Crippen LogP contribution in [0.2, 0.25) is 0 Å². The van der Waals surface area contributed by atoms with E-state index >= 15 is 0 Å². The SMILES string of the molecule is CCOC(=O)C(C(C)=O)C(=O)Nc1ccccc1C. The number of para-hydroxylation sites is 1. The maximum atomic E-state index is 12.0. The summed E-state index contributed by atoms with van der Waals surface area (Å²) >= 11 is 0. The Kier molecular flexibility index (Phi) is 5.23. The number of hydrogen-bond donors (Lipinski definition) is 1. The Morgan fingerprint density at radius 3 is 2.42 bits per heavy atom. The fourth-order valence-corrected chi connectivity index (χ4v) is 1.60. The van der Waals surface area contributed by atoms with E-state index in [1.165, 1.54) is 6.92 Å². The molecule has 1 aromatic rings. The van der Waals surface area contributed by atoms with Crippen molar-refractivity contribution >= 4 is 23.3 Å². The number of ether oxygens (including phenoxy) is 1. The fourth-order valence-electron chi connectivity index (χ4n) is 1.60. The Balaban J connectivity index is 2.87. The topological polar surface area (TPSA) is 72.5 Å². The van der Waals surface area contributed by atoms with Crippen molar-refractivity contribution in [2.24, 2.45) is 5.92 Å². The number of rotatable bonds is 5. The van der Waals surface area contributed by atoms with Gasteiger partial charge in [0, 0.05) is 5.69 Å². The zero-order valence-electron chi connectivity index (χ0n) is 11.2. The molecule has 5 nitrogen and oxygen atoms in total. The van der Waals surface area contributed by atoms with Crippen LogP contribution in [-0.4, -0.2) is 24.3 Å². The van der Waals surface area contributed by atoms with E-state index in [4.69, 9.17) is 4.74 Å². The fraction of sp³-hybridized carbons (Fsp3) is 0.357. The summed E-state index contributed by atoms with van der Waals surface area (Å²) in [5, 5.41) is 2.57. The van der Waals surface area contributed by atoms with Crippen LogP contribution in [0.4, 0.5) is 5.69 Å². The number of esters is 1. The molecule has 1 rings (SSSR count). The highest BCUT2D eigenvalue weighted by atomic mass is 16.5. The van der Waals surface area contributed by atoms with Crippen molar-refractivity contribution in [3.05, 3.63) is 29.8 Å². The Labute approximate surface area is 111 Å². The van der Waals surface area contributed by atoms with Gasteiger partial charge in [-0.25, -0.2) is 0 Å². The maximum absolute atomic E-state index is 12.0. The molecule has 1 aromatic carbocycles. The first kappa shape index (κ1) is 14.9. The number of Topliss-reactive ketones (excluding diaryl/α,β-unsaturated/α-hetero) is 1. The van der Waals surface area contributed by atoms with Gasteiger partial charge in [-0.05, 0) is 32.4 Å². The number of aryl methyl sites for hydroxylation is 1. The van der Waals surface area contributed by atoms with Gasteiger partial charge >= 0.3 is 5.97 Å². The van der Waals surface area contributed by atoms with E-state index in [1.54, 1.807) is 19.1 Å². The third-order valence-electron chi connectivity index (χ3n) is 2.59. The molecule has 0 heterocycles. The predicted molar refractivity (Wildman–Crippen MR) is 70.6 cm³/mol. The second-order valence-corrected chi connectivity index (χ2v) is 4.10. The average molecular weight is 263 g/mol. The molecule has 5 heteroatoms. The third-order valence-corrected chi connectivity index (χ3v) is 2.59. The standard InChI is InChI=1S/C14H17NO4/c1-4-19-14(18)12(10(3)16)13(17)15-11-8-6-5-7-9(11)2/h5-8,12H,4H2,1-3H3,(H,15,17). The molecular formula is C14H17NO4. The van der Waals surface area contributed by atoms with Crippen LogP contribution in [-0.2, 0) is 19.1 Å². The van der Waals surface area contributed by atoms with Crippen molar-refractivity contribution in [1.29, 1.82) is 0 Å². The van der Waals surface area contributed by atoms with E-state index < -0.39 is 23.6 Å². The lowest BCUT2D eigenvalue weighted by atomic mass is 10.0. The highest BCUT2D eigenvalue weighted by Gasteiger charge is 2.32. The van der Waals surface area contributed by atoms with Gasteiger partial charge in [-0.15, -0.1) is 0 Å². The number of carbonyl (C=O) groups excluding carboxylic acids is 3. The number of anilines is 1. The zero-order chi connectivity index (χ0) is 14.4. The first-order chi connectivity index (χ1) is 8.97. The van der Waals surface area contributed by atoms with E-state index in [-0.39, 0.29) is 6.61 Å². The molecule has 1 unspecified atom stereocenters. The van der Waals surface area contributed by atoms with Crippen LogP contribution in [0.3, 0.4) is 0 Å². The summed E-state index contributed by atoms with van der Waals surface area (Å²) in [6, 6.07) is 7.12. The van der Waals surface area contributed by atoms with E-state index in [0.29, 0.717) is 5.69 Å². The molecule has 0 aliphatic rings. The van der Waals surface area contributed by atoms with Gasteiger partial charge in [0.2, 0.25) is 5.91 Å². The van der Waals surface area contributed by atoms with Crippen molar-refractivity contribution in [1.82, 2.24) is 0 Å². The molecule has 0 radical (unpaired) electrons. The minimum absolute atomic E-state index is 0.125. The number of benzene rings is 1. The van der Waals surface area contributed by atoms with E-state index in [9.17, 15) is 14.4 Å². The smallest absolute Gasteiger partial charge is 0.326 e. The lowest BCUT2D eigenvalue weighted by molar-refractivity contribution is -0.153. The molecule has 1 N–H and O–H groups in total. The number of amides is 1. The molecule has 0 saturated carbocycles. The molecule has 1 amide bonds. The predicted octanol–water partition coefficient (Wildman–Crippen LogP) is 1.70. The molecular weight excluding hydrogens is 246 g/mol. The molecule has 19 heavy (non-hydrogen) atoms. The van der Waals surface area contributed by atoms with Gasteiger partial charge in [0.05, 0.1) is 6.61 Å². The van der Waals surface area contributed by atoms with Crippen LogP contribution in [0.5, 0.6) is 0 Å². The van der Waals surface area contributed by atoms with Crippen molar-refractivity contribution in [2.75, 3.05) is 11.9 Å². The summed E-state index contributed by atoms with van der Waals surface area (Å²) < 4.78 is 4.73. The largest absolute Gasteiger partial charge is 0.465 e. The second-order valence-electron chi connectivity index (χ2n) is 4.10. The van der Waals surface area contributed by atoms with Crippen LogP contribution < -0.4 is 5.32 Å². The molecule has 0 saturated heterocycles. The van der Waals surface area contributed by atoms with Crippen LogP contribution in [0.1, 0.15) is 19.4 Å². The number of ketones is 1. The van der Waals surface area contributed by atoms with Crippen molar-refractivity contribution in [3.8, 4) is 0 Å². The Bertz CT molecular complexity index is 496. The van der Waals surface area contributed by atoms with Crippen molar-refractivity contribution in [2.45, 2.75) is 20.8 Å². The third kappa shape index (κ3) is 3.91. The van der Waals surface area contributed by atoms with Gasteiger partial charge in [-0.2, -0.15) is 0 Å². The summed E-state index contributed by atoms with van der Waals surface area (Å²) in [4.78, 5) is 35.0. The number of hydrogen-bond acceptors (Lipinski definition) is 4. The van der Waals surface area contributed by atoms with Gasteiger partial charge in [0.25, 0.3) is 0 Å². The normalized spacial score (nSPS) is 11.5. The highest BCUT2D eigenvalue weighted by molar-refractivity contribution is 6.19. The number of nitrogens with one attached hydrogen (secondary N) is 1. The minimum Gasteiger partial charge on any atom is -0.465 e. The summed E-state index contributed by atoms with van der Waals surface area (Å²) in [5.41, 5.74) is 1.42. The van der Waals surface area contributed by atoms with E-state index in [1.807, 2.05) is 19.1 Å². The molecule has 0 spiro atoms. The quantitative estimate of drug-likeness (QED) is 0.648. The Hall–Kier alpha value is -2.17. The van der Waals surface area contributed by atoms with Gasteiger partial charge in [-0.3, -0.25) is 14.4 Å². The summed E-state index contributed by atoms with van der Waals surface area (Å²) in [6.45, 7) is 4.76. The van der Waals surface area contributed by atoms with Crippen LogP contribution >= 0.6 is 0 Å². The van der Waals surface area contributed by atoms with Crippen LogP contribution in [0.25, 0.3) is 0 Å². The molecule has 0 aliphatic carbocycles. The maximum Gasteiger partial charge on any atom is 0.326 e. The first-order valence-corrected chi connectivity index (χ1v) is 6.01. The van der Waals surface area contributed by atoms with E-state index in [2.05, 4.69) is 5.32 Å². The van der Waals surface area contributed by atoms with Crippen molar-refractivity contribution in [3.63, 3.8) is 0 Å². The molecule has 0 bridgehead atoms. The molecule has 1 atom stereocenters. The monoisotopic (exact) mass is 263 g/mol. The summed E-state index contributed by atoms with van der Waals surface area (Å²) in [5.74, 6) is -3.44. The van der Waals surface area contributed by atoms with Crippen LogP contribution in [0, 0.1) is 12.8 Å². The lowest BCUT2D eigenvalue weighted by Gasteiger charge is -2.14.